The van der Waals surface area contributed by atoms with Crippen LogP contribution in [0.15, 0.2) is 40.7 Å². The molecule has 0 aliphatic rings. The molecule has 0 aromatic heterocycles. The van der Waals surface area contributed by atoms with Gasteiger partial charge in [0.15, 0.2) is 0 Å². The Morgan fingerprint density at radius 1 is 1.31 bits per heavy atom. The monoisotopic (exact) mass is 220 g/mol. The Hall–Kier alpha value is -1.31. The van der Waals surface area contributed by atoms with Gasteiger partial charge in [-0.15, -0.1) is 0 Å². The minimum absolute atomic E-state index is 0.271. The zero-order chi connectivity index (χ0) is 12.7. The van der Waals surface area contributed by atoms with Crippen LogP contribution in [-0.2, 0) is 0 Å². The minimum atomic E-state index is 0.271. The first kappa shape index (κ1) is 14.7. The smallest absolute Gasteiger partial charge is 0.129 e. The molecule has 0 heterocycles. The number of hydrogen-bond acceptors (Lipinski definition) is 2. The molecule has 0 spiro atoms. The van der Waals surface area contributed by atoms with Gasteiger partial charge in [0, 0.05) is 12.3 Å². The molecule has 16 heavy (non-hydrogen) atoms. The lowest BCUT2D eigenvalue weighted by molar-refractivity contribution is 0.612. The van der Waals surface area contributed by atoms with Crippen LogP contribution in [0.25, 0.3) is 0 Å². The van der Waals surface area contributed by atoms with E-state index in [4.69, 9.17) is 0 Å². The second kappa shape index (κ2) is 7.04. The number of nitrogens with zero attached hydrogens (tertiary/aromatic N) is 1. The van der Waals surface area contributed by atoms with Crippen LogP contribution in [0, 0.1) is 0 Å². The van der Waals surface area contributed by atoms with Crippen LogP contribution < -0.4 is 5.32 Å². The van der Waals surface area contributed by atoms with E-state index in [9.17, 15) is 0 Å². The summed E-state index contributed by atoms with van der Waals surface area (Å²) in [7, 11) is 0. The molecule has 0 aliphatic heterocycles. The largest absolute Gasteiger partial charge is 0.363 e. The summed E-state index contributed by atoms with van der Waals surface area (Å²) in [6.45, 7) is 18.0. The lowest BCUT2D eigenvalue weighted by Gasteiger charge is -2.20. The molecule has 0 aromatic carbocycles. The maximum absolute atomic E-state index is 4.36. The average molecular weight is 220 g/mol. The summed E-state index contributed by atoms with van der Waals surface area (Å²) in [4.78, 5) is 4.36. The normalized spacial score (nSPS) is 14.6. The topological polar surface area (TPSA) is 24.4 Å². The highest BCUT2D eigenvalue weighted by molar-refractivity contribution is 5.56. The van der Waals surface area contributed by atoms with Gasteiger partial charge in [-0.05, 0) is 39.7 Å². The van der Waals surface area contributed by atoms with Crippen LogP contribution in [0.5, 0.6) is 0 Å². The first-order valence-electron chi connectivity index (χ1n) is 5.71. The zero-order valence-corrected chi connectivity index (χ0v) is 11.2. The van der Waals surface area contributed by atoms with Crippen molar-refractivity contribution < 1.29 is 0 Å². The molecule has 90 valence electrons. The summed E-state index contributed by atoms with van der Waals surface area (Å²) < 4.78 is 0. The quantitative estimate of drug-likeness (QED) is 0.410. The molecule has 0 saturated heterocycles. The van der Waals surface area contributed by atoms with E-state index in [0.717, 1.165) is 29.0 Å². The maximum Gasteiger partial charge on any atom is 0.129 e. The van der Waals surface area contributed by atoms with Crippen LogP contribution in [0.2, 0.25) is 0 Å². The van der Waals surface area contributed by atoms with Gasteiger partial charge < -0.3 is 5.32 Å². The van der Waals surface area contributed by atoms with Gasteiger partial charge in [-0.1, -0.05) is 31.2 Å². The number of hydrogen-bond donors (Lipinski definition) is 1. The molecule has 0 saturated carbocycles. The van der Waals surface area contributed by atoms with Crippen LogP contribution in [-0.4, -0.2) is 12.3 Å². The molecule has 0 rings (SSSR count). The lowest BCUT2D eigenvalue weighted by atomic mass is 10.1. The zero-order valence-electron chi connectivity index (χ0n) is 11.2. The highest BCUT2D eigenvalue weighted by Gasteiger charge is 2.09. The molecular formula is C14H24N2. The van der Waals surface area contributed by atoms with Crippen molar-refractivity contribution in [1.82, 2.24) is 5.32 Å². The van der Waals surface area contributed by atoms with E-state index in [-0.39, 0.29) is 6.04 Å². The van der Waals surface area contributed by atoms with Crippen molar-refractivity contribution in [2.24, 2.45) is 4.99 Å². The first-order chi connectivity index (χ1) is 7.43. The van der Waals surface area contributed by atoms with E-state index in [2.05, 4.69) is 30.4 Å². The Bertz CT molecular complexity index is 322. The molecule has 0 aliphatic carbocycles. The minimum Gasteiger partial charge on any atom is -0.363 e. The van der Waals surface area contributed by atoms with Crippen LogP contribution in [0.4, 0.5) is 0 Å². The first-order valence-corrected chi connectivity index (χ1v) is 5.71. The standard InChI is InChI=1S/C14H24N2/c1-8-13(11(5)6)16-14(15-9-2)12(7)10(3)4/h9,13,16H,3,5,8H2,1-2,4,6-7H3/b14-12+,15-9-. The molecule has 0 aromatic rings. The summed E-state index contributed by atoms with van der Waals surface area (Å²) in [5.41, 5.74) is 3.25. The molecule has 1 atom stereocenters. The van der Waals surface area contributed by atoms with Gasteiger partial charge in [0.25, 0.3) is 0 Å². The fraction of sp³-hybridized carbons (Fsp3) is 0.500. The van der Waals surface area contributed by atoms with Crippen molar-refractivity contribution >= 4 is 6.21 Å². The average Bonchev–Trinajstić information content (AvgIpc) is 2.22. The van der Waals surface area contributed by atoms with Crippen molar-refractivity contribution in [3.63, 3.8) is 0 Å². The highest BCUT2D eigenvalue weighted by Crippen LogP contribution is 2.14. The maximum atomic E-state index is 4.36. The van der Waals surface area contributed by atoms with Gasteiger partial charge in [-0.2, -0.15) is 0 Å². The Labute approximate surface area is 99.9 Å². The van der Waals surface area contributed by atoms with Crippen LogP contribution in [0.3, 0.4) is 0 Å². The number of aliphatic imine (C=N–C) groups is 1. The third kappa shape index (κ3) is 4.47. The van der Waals surface area contributed by atoms with Gasteiger partial charge in [0.05, 0.1) is 0 Å². The van der Waals surface area contributed by atoms with E-state index in [1.165, 1.54) is 0 Å². The third-order valence-corrected chi connectivity index (χ3v) is 2.57. The summed E-state index contributed by atoms with van der Waals surface area (Å²) in [5.74, 6) is 0.893. The van der Waals surface area contributed by atoms with Gasteiger partial charge in [-0.25, -0.2) is 4.99 Å². The molecule has 1 unspecified atom stereocenters. The molecule has 0 radical (unpaired) electrons. The molecule has 1 N–H and O–H groups in total. The van der Waals surface area contributed by atoms with E-state index in [0.29, 0.717) is 0 Å². The van der Waals surface area contributed by atoms with Crippen molar-refractivity contribution in [2.45, 2.75) is 47.1 Å². The van der Waals surface area contributed by atoms with E-state index >= 15 is 0 Å². The van der Waals surface area contributed by atoms with Crippen molar-refractivity contribution in [3.8, 4) is 0 Å². The van der Waals surface area contributed by atoms with Crippen LogP contribution >= 0.6 is 0 Å². The Balaban J connectivity index is 5.03. The van der Waals surface area contributed by atoms with Gasteiger partial charge in [-0.3, -0.25) is 0 Å². The fourth-order valence-electron chi connectivity index (χ4n) is 1.31. The van der Waals surface area contributed by atoms with Crippen molar-refractivity contribution in [2.75, 3.05) is 0 Å². The predicted molar refractivity (Wildman–Crippen MR) is 73.7 cm³/mol. The SMILES string of the molecule is C=C(C)/C(C)=C(\N=C/C)NC(CC)C(=C)C. The van der Waals surface area contributed by atoms with E-state index < -0.39 is 0 Å². The Kier molecular flexibility index (Phi) is 6.47. The van der Waals surface area contributed by atoms with Crippen molar-refractivity contribution in [3.05, 3.63) is 35.7 Å². The molecule has 2 nitrogen and oxygen atoms in total. The summed E-state index contributed by atoms with van der Waals surface area (Å²) in [6, 6.07) is 0.271. The summed E-state index contributed by atoms with van der Waals surface area (Å²) in [6.07, 6.45) is 2.79. The van der Waals surface area contributed by atoms with Gasteiger partial charge >= 0.3 is 0 Å². The van der Waals surface area contributed by atoms with E-state index in [1.54, 1.807) is 6.21 Å². The summed E-state index contributed by atoms with van der Waals surface area (Å²) in [5, 5.41) is 3.41. The number of nitrogens with one attached hydrogen (secondary N) is 1. The van der Waals surface area contributed by atoms with Gasteiger partial charge in [0.1, 0.15) is 5.82 Å². The third-order valence-electron chi connectivity index (χ3n) is 2.57. The Morgan fingerprint density at radius 3 is 2.19 bits per heavy atom. The van der Waals surface area contributed by atoms with Gasteiger partial charge in [0.2, 0.25) is 0 Å². The molecular weight excluding hydrogens is 196 g/mol. The molecule has 2 heteroatoms. The fourth-order valence-corrected chi connectivity index (χ4v) is 1.31. The second-order valence-corrected chi connectivity index (χ2v) is 4.09. The number of allylic oxidation sites excluding steroid dienone is 2. The molecule has 0 bridgehead atoms. The van der Waals surface area contributed by atoms with Crippen LogP contribution in [0.1, 0.15) is 41.0 Å². The lowest BCUT2D eigenvalue weighted by Crippen LogP contribution is -2.28. The number of rotatable bonds is 6. The highest BCUT2D eigenvalue weighted by atomic mass is 15.1. The molecule has 0 amide bonds. The molecule has 0 fully saturated rings. The summed E-state index contributed by atoms with van der Waals surface area (Å²) >= 11 is 0. The Morgan fingerprint density at radius 2 is 1.88 bits per heavy atom. The van der Waals surface area contributed by atoms with Crippen molar-refractivity contribution in [1.29, 1.82) is 0 Å². The second-order valence-electron chi connectivity index (χ2n) is 4.09. The van der Waals surface area contributed by atoms with E-state index in [1.807, 2.05) is 27.7 Å². The predicted octanol–water partition coefficient (Wildman–Crippen LogP) is 3.83.